The minimum absolute atomic E-state index is 0.0571. The van der Waals surface area contributed by atoms with Gasteiger partial charge < -0.3 is 15.1 Å². The van der Waals surface area contributed by atoms with Crippen molar-refractivity contribution in [2.45, 2.75) is 31.8 Å². The molecule has 6 nitrogen and oxygen atoms in total. The second kappa shape index (κ2) is 9.55. The predicted molar refractivity (Wildman–Crippen MR) is 113 cm³/mol. The lowest BCUT2D eigenvalue weighted by Crippen LogP contribution is -2.45. The van der Waals surface area contributed by atoms with Crippen LogP contribution in [0.25, 0.3) is 0 Å². The number of benzene rings is 1. The molecule has 0 aliphatic carbocycles. The van der Waals surface area contributed by atoms with E-state index in [-0.39, 0.29) is 12.5 Å². The van der Waals surface area contributed by atoms with Gasteiger partial charge in [0.15, 0.2) is 5.96 Å². The number of guanidine groups is 1. The molecule has 1 unspecified atom stereocenters. The van der Waals surface area contributed by atoms with Crippen LogP contribution >= 0.6 is 15.9 Å². The molecule has 148 valence electrons. The maximum Gasteiger partial charge on any atom is 0.241 e. The SMILES string of the molecule is CN(C)C(=O)CNC(=NCc1ccc(Br)cc1)N1CCC(N2CCCC2)C1. The van der Waals surface area contributed by atoms with Crippen molar-refractivity contribution in [3.8, 4) is 0 Å². The lowest BCUT2D eigenvalue weighted by molar-refractivity contribution is -0.127. The number of hydrogen-bond donors (Lipinski definition) is 1. The quantitative estimate of drug-likeness (QED) is 0.568. The smallest absolute Gasteiger partial charge is 0.241 e. The molecule has 0 saturated carbocycles. The summed E-state index contributed by atoms with van der Waals surface area (Å²) in [6, 6.07) is 8.83. The van der Waals surface area contributed by atoms with Crippen LogP contribution in [-0.4, -0.2) is 79.4 Å². The van der Waals surface area contributed by atoms with Gasteiger partial charge in [-0.3, -0.25) is 9.69 Å². The molecule has 27 heavy (non-hydrogen) atoms. The summed E-state index contributed by atoms with van der Waals surface area (Å²) >= 11 is 3.47. The molecule has 2 aliphatic rings. The topological polar surface area (TPSA) is 51.2 Å². The van der Waals surface area contributed by atoms with E-state index in [1.165, 1.54) is 32.4 Å². The number of carbonyl (C=O) groups is 1. The van der Waals surface area contributed by atoms with E-state index in [4.69, 9.17) is 4.99 Å². The number of carbonyl (C=O) groups excluding carboxylic acids is 1. The first-order valence-electron chi connectivity index (χ1n) is 9.75. The Morgan fingerprint density at radius 3 is 2.59 bits per heavy atom. The van der Waals surface area contributed by atoms with E-state index in [0.29, 0.717) is 12.6 Å². The molecular formula is C20H30BrN5O. The first-order chi connectivity index (χ1) is 13.0. The van der Waals surface area contributed by atoms with Crippen molar-refractivity contribution < 1.29 is 4.79 Å². The first-order valence-corrected chi connectivity index (χ1v) is 10.5. The van der Waals surface area contributed by atoms with Gasteiger partial charge in [-0.2, -0.15) is 0 Å². The third-order valence-corrected chi connectivity index (χ3v) is 5.87. The second-order valence-corrected chi connectivity index (χ2v) is 8.46. The Kier molecular flexibility index (Phi) is 7.13. The Labute approximate surface area is 170 Å². The molecule has 1 amide bonds. The molecule has 2 saturated heterocycles. The zero-order valence-electron chi connectivity index (χ0n) is 16.3. The molecular weight excluding hydrogens is 406 g/mol. The van der Waals surface area contributed by atoms with Gasteiger partial charge in [0.05, 0.1) is 13.1 Å². The number of hydrogen-bond acceptors (Lipinski definition) is 3. The van der Waals surface area contributed by atoms with E-state index >= 15 is 0 Å². The summed E-state index contributed by atoms with van der Waals surface area (Å²) in [5.74, 6) is 0.899. The average Bonchev–Trinajstić information content (AvgIpc) is 3.34. The van der Waals surface area contributed by atoms with Crippen molar-refractivity contribution in [2.24, 2.45) is 4.99 Å². The predicted octanol–water partition coefficient (Wildman–Crippen LogP) is 2.15. The molecule has 1 aromatic carbocycles. The monoisotopic (exact) mass is 435 g/mol. The maximum absolute atomic E-state index is 12.0. The number of halogens is 1. The highest BCUT2D eigenvalue weighted by atomic mass is 79.9. The maximum atomic E-state index is 12.0. The fourth-order valence-corrected chi connectivity index (χ4v) is 3.94. The molecule has 2 aliphatic heterocycles. The van der Waals surface area contributed by atoms with Crippen LogP contribution < -0.4 is 5.32 Å². The summed E-state index contributed by atoms with van der Waals surface area (Å²) in [4.78, 5) is 23.4. The van der Waals surface area contributed by atoms with Crippen molar-refractivity contribution in [3.63, 3.8) is 0 Å². The van der Waals surface area contributed by atoms with Gasteiger partial charge in [-0.15, -0.1) is 0 Å². The number of aliphatic imine (C=N–C) groups is 1. The molecule has 7 heteroatoms. The van der Waals surface area contributed by atoms with Crippen LogP contribution in [0.1, 0.15) is 24.8 Å². The lowest BCUT2D eigenvalue weighted by Gasteiger charge is -2.26. The first kappa shape index (κ1) is 20.1. The summed E-state index contributed by atoms with van der Waals surface area (Å²) in [5, 5.41) is 3.29. The van der Waals surface area contributed by atoms with E-state index in [1.807, 2.05) is 12.1 Å². The Hall–Kier alpha value is -1.60. The highest BCUT2D eigenvalue weighted by Crippen LogP contribution is 2.20. The summed E-state index contributed by atoms with van der Waals surface area (Å²) in [5.41, 5.74) is 1.16. The molecule has 1 atom stereocenters. The Balaban J connectivity index is 1.66. The van der Waals surface area contributed by atoms with Crippen LogP contribution in [0, 0.1) is 0 Å². The number of likely N-dealkylation sites (tertiary alicyclic amines) is 2. The van der Waals surface area contributed by atoms with Gasteiger partial charge in [0, 0.05) is 37.7 Å². The zero-order chi connectivity index (χ0) is 19.2. The summed E-state index contributed by atoms with van der Waals surface area (Å²) in [6.07, 6.45) is 3.80. The Morgan fingerprint density at radius 2 is 1.93 bits per heavy atom. The number of nitrogens with zero attached hydrogens (tertiary/aromatic N) is 4. The Bertz CT molecular complexity index is 655. The largest absolute Gasteiger partial charge is 0.347 e. The molecule has 3 rings (SSSR count). The van der Waals surface area contributed by atoms with Crippen molar-refractivity contribution in [1.82, 2.24) is 20.0 Å². The van der Waals surface area contributed by atoms with Crippen LogP contribution in [-0.2, 0) is 11.3 Å². The minimum Gasteiger partial charge on any atom is -0.347 e. The molecule has 1 aromatic rings. The fourth-order valence-electron chi connectivity index (χ4n) is 3.68. The van der Waals surface area contributed by atoms with Crippen LogP contribution in [0.5, 0.6) is 0 Å². The van der Waals surface area contributed by atoms with E-state index in [0.717, 1.165) is 29.1 Å². The molecule has 0 bridgehead atoms. The van der Waals surface area contributed by atoms with Crippen molar-refractivity contribution >= 4 is 27.8 Å². The van der Waals surface area contributed by atoms with Gasteiger partial charge in [0.2, 0.25) is 5.91 Å². The van der Waals surface area contributed by atoms with Crippen LogP contribution in [0.3, 0.4) is 0 Å². The van der Waals surface area contributed by atoms with Crippen LogP contribution in [0.4, 0.5) is 0 Å². The standard InChI is InChI=1S/C20H30BrN5O/c1-24(2)19(27)14-23-20(22-13-16-5-7-17(21)8-6-16)26-12-9-18(15-26)25-10-3-4-11-25/h5-8,18H,3-4,9-15H2,1-2H3,(H,22,23). The van der Waals surface area contributed by atoms with Crippen LogP contribution in [0.2, 0.25) is 0 Å². The summed E-state index contributed by atoms with van der Waals surface area (Å²) in [6.45, 7) is 5.30. The van der Waals surface area contributed by atoms with Gasteiger partial charge in [-0.05, 0) is 50.0 Å². The molecule has 1 N–H and O–H groups in total. The van der Waals surface area contributed by atoms with Crippen molar-refractivity contribution in [3.05, 3.63) is 34.3 Å². The number of amides is 1. The number of likely N-dealkylation sites (N-methyl/N-ethyl adjacent to an activating group) is 1. The number of nitrogens with one attached hydrogen (secondary N) is 1. The van der Waals surface area contributed by atoms with Gasteiger partial charge in [-0.1, -0.05) is 28.1 Å². The lowest BCUT2D eigenvalue weighted by atomic mass is 10.2. The summed E-state index contributed by atoms with van der Waals surface area (Å²) in [7, 11) is 3.56. The van der Waals surface area contributed by atoms with E-state index in [9.17, 15) is 4.79 Å². The van der Waals surface area contributed by atoms with Crippen molar-refractivity contribution in [2.75, 3.05) is 46.8 Å². The molecule has 0 aromatic heterocycles. The molecule has 0 spiro atoms. The highest BCUT2D eigenvalue weighted by molar-refractivity contribution is 9.10. The minimum atomic E-state index is 0.0571. The molecule has 0 radical (unpaired) electrons. The van der Waals surface area contributed by atoms with E-state index in [1.54, 1.807) is 19.0 Å². The molecule has 2 heterocycles. The Morgan fingerprint density at radius 1 is 1.22 bits per heavy atom. The fraction of sp³-hybridized carbons (Fsp3) is 0.600. The van der Waals surface area contributed by atoms with Gasteiger partial charge in [-0.25, -0.2) is 4.99 Å². The highest BCUT2D eigenvalue weighted by Gasteiger charge is 2.30. The van der Waals surface area contributed by atoms with Crippen molar-refractivity contribution in [1.29, 1.82) is 0 Å². The van der Waals surface area contributed by atoms with E-state index in [2.05, 4.69) is 43.2 Å². The van der Waals surface area contributed by atoms with Gasteiger partial charge >= 0.3 is 0 Å². The van der Waals surface area contributed by atoms with Gasteiger partial charge in [0.25, 0.3) is 0 Å². The molecule has 2 fully saturated rings. The third-order valence-electron chi connectivity index (χ3n) is 5.34. The average molecular weight is 436 g/mol. The van der Waals surface area contributed by atoms with Crippen LogP contribution in [0.15, 0.2) is 33.7 Å². The summed E-state index contributed by atoms with van der Waals surface area (Å²) < 4.78 is 1.07. The number of rotatable bonds is 5. The van der Waals surface area contributed by atoms with Gasteiger partial charge in [0.1, 0.15) is 0 Å². The normalized spacial score (nSPS) is 20.9. The third kappa shape index (κ3) is 5.69. The second-order valence-electron chi connectivity index (χ2n) is 7.54. The van der Waals surface area contributed by atoms with E-state index < -0.39 is 0 Å². The zero-order valence-corrected chi connectivity index (χ0v) is 17.9.